The smallest absolute Gasteiger partial charge is 0.347 e. The summed E-state index contributed by atoms with van der Waals surface area (Å²) >= 11 is 0. The second-order valence-electron chi connectivity index (χ2n) is 3.80. The monoisotopic (exact) mass is 252 g/mol. The van der Waals surface area contributed by atoms with Crippen LogP contribution in [0.3, 0.4) is 0 Å². The van der Waals surface area contributed by atoms with Gasteiger partial charge in [0, 0.05) is 0 Å². The molecule has 4 nitrogen and oxygen atoms in total. The van der Waals surface area contributed by atoms with Crippen molar-refractivity contribution in [2.24, 2.45) is 0 Å². The van der Waals surface area contributed by atoms with Crippen LogP contribution >= 0.6 is 0 Å². The second-order valence-corrected chi connectivity index (χ2v) is 3.80. The Balaban J connectivity index is 2.79. The molecule has 0 aliphatic rings. The number of methoxy groups -OCH3 is 1. The summed E-state index contributed by atoms with van der Waals surface area (Å²) in [6.07, 6.45) is 0.890. The SMILES string of the molecule is CCCC(Oc1ccccc1OC)C(=O)OCC. The lowest BCUT2D eigenvalue weighted by Gasteiger charge is -2.18. The summed E-state index contributed by atoms with van der Waals surface area (Å²) in [5.74, 6) is 0.847. The van der Waals surface area contributed by atoms with Crippen LogP contribution in [0, 0.1) is 0 Å². The van der Waals surface area contributed by atoms with E-state index in [-0.39, 0.29) is 5.97 Å². The van der Waals surface area contributed by atoms with Gasteiger partial charge in [0.25, 0.3) is 0 Å². The van der Waals surface area contributed by atoms with E-state index in [0.717, 1.165) is 6.42 Å². The zero-order chi connectivity index (χ0) is 13.4. The maximum absolute atomic E-state index is 11.7. The molecule has 1 aromatic carbocycles. The Morgan fingerprint density at radius 2 is 1.89 bits per heavy atom. The molecule has 0 amide bonds. The van der Waals surface area contributed by atoms with Crippen LogP contribution in [0.1, 0.15) is 26.7 Å². The van der Waals surface area contributed by atoms with Gasteiger partial charge >= 0.3 is 5.97 Å². The van der Waals surface area contributed by atoms with Gasteiger partial charge in [0.05, 0.1) is 13.7 Å². The van der Waals surface area contributed by atoms with Gasteiger partial charge in [-0.05, 0) is 25.5 Å². The Morgan fingerprint density at radius 3 is 2.44 bits per heavy atom. The summed E-state index contributed by atoms with van der Waals surface area (Å²) in [7, 11) is 1.57. The normalized spacial score (nSPS) is 11.7. The first-order valence-electron chi connectivity index (χ1n) is 6.19. The minimum atomic E-state index is -0.578. The molecule has 0 heterocycles. The highest BCUT2D eigenvalue weighted by Gasteiger charge is 2.22. The van der Waals surface area contributed by atoms with E-state index in [1.54, 1.807) is 26.2 Å². The molecule has 0 spiro atoms. The molecule has 1 atom stereocenters. The molecule has 0 radical (unpaired) electrons. The fourth-order valence-corrected chi connectivity index (χ4v) is 1.59. The third-order valence-electron chi connectivity index (χ3n) is 2.44. The molecule has 0 N–H and O–H groups in total. The summed E-state index contributed by atoms with van der Waals surface area (Å²) < 4.78 is 15.9. The number of hydrogen-bond acceptors (Lipinski definition) is 4. The topological polar surface area (TPSA) is 44.8 Å². The third-order valence-corrected chi connectivity index (χ3v) is 2.44. The highest BCUT2D eigenvalue weighted by Crippen LogP contribution is 2.27. The Labute approximate surface area is 108 Å². The standard InChI is InChI=1S/C14H20O4/c1-4-8-13(14(15)17-5-2)18-12-10-7-6-9-11(12)16-3/h6-7,9-10,13H,4-5,8H2,1-3H3. The number of ether oxygens (including phenoxy) is 3. The fraction of sp³-hybridized carbons (Fsp3) is 0.500. The molecular weight excluding hydrogens is 232 g/mol. The van der Waals surface area contributed by atoms with Crippen molar-refractivity contribution in [3.8, 4) is 11.5 Å². The van der Waals surface area contributed by atoms with E-state index in [4.69, 9.17) is 14.2 Å². The summed E-state index contributed by atoms with van der Waals surface area (Å²) in [5, 5.41) is 0. The molecule has 0 fully saturated rings. The van der Waals surface area contributed by atoms with Gasteiger partial charge in [-0.15, -0.1) is 0 Å². The molecule has 0 aliphatic carbocycles. The molecule has 0 aliphatic heterocycles. The zero-order valence-electron chi connectivity index (χ0n) is 11.1. The lowest BCUT2D eigenvalue weighted by atomic mass is 10.2. The number of carbonyl (C=O) groups excluding carboxylic acids is 1. The molecule has 0 saturated carbocycles. The van der Waals surface area contributed by atoms with Gasteiger partial charge in [0.2, 0.25) is 0 Å². The number of rotatable bonds is 7. The van der Waals surface area contributed by atoms with E-state index in [2.05, 4.69) is 0 Å². The molecule has 0 saturated heterocycles. The van der Waals surface area contributed by atoms with E-state index in [9.17, 15) is 4.79 Å². The largest absolute Gasteiger partial charge is 0.493 e. The van der Waals surface area contributed by atoms with Gasteiger partial charge in [-0.1, -0.05) is 25.5 Å². The Morgan fingerprint density at radius 1 is 1.22 bits per heavy atom. The molecule has 0 aromatic heterocycles. The number of para-hydroxylation sites is 2. The molecule has 18 heavy (non-hydrogen) atoms. The highest BCUT2D eigenvalue weighted by atomic mass is 16.6. The van der Waals surface area contributed by atoms with E-state index in [0.29, 0.717) is 24.5 Å². The van der Waals surface area contributed by atoms with Crippen molar-refractivity contribution in [3.63, 3.8) is 0 Å². The van der Waals surface area contributed by atoms with Crippen LogP contribution in [-0.2, 0) is 9.53 Å². The summed E-state index contributed by atoms with van der Waals surface area (Å²) in [4.78, 5) is 11.7. The first kappa shape index (κ1) is 14.4. The molecule has 4 heteroatoms. The van der Waals surface area contributed by atoms with Gasteiger partial charge in [0.1, 0.15) is 0 Å². The zero-order valence-corrected chi connectivity index (χ0v) is 11.1. The van der Waals surface area contributed by atoms with Crippen molar-refractivity contribution in [2.75, 3.05) is 13.7 Å². The molecule has 1 aromatic rings. The first-order valence-corrected chi connectivity index (χ1v) is 6.19. The van der Waals surface area contributed by atoms with Crippen molar-refractivity contribution < 1.29 is 19.0 Å². The van der Waals surface area contributed by atoms with Crippen LogP contribution in [0.4, 0.5) is 0 Å². The Bertz CT molecular complexity index is 376. The van der Waals surface area contributed by atoms with Crippen LogP contribution in [-0.4, -0.2) is 25.8 Å². The summed E-state index contributed by atoms with van der Waals surface area (Å²) in [5.41, 5.74) is 0. The van der Waals surface area contributed by atoms with E-state index < -0.39 is 6.10 Å². The van der Waals surface area contributed by atoms with Crippen molar-refractivity contribution in [3.05, 3.63) is 24.3 Å². The van der Waals surface area contributed by atoms with Crippen LogP contribution < -0.4 is 9.47 Å². The van der Waals surface area contributed by atoms with Crippen molar-refractivity contribution in [1.29, 1.82) is 0 Å². The summed E-state index contributed by atoms with van der Waals surface area (Å²) in [6.45, 7) is 4.14. The number of hydrogen-bond donors (Lipinski definition) is 0. The highest BCUT2D eigenvalue weighted by molar-refractivity contribution is 5.75. The van der Waals surface area contributed by atoms with Gasteiger partial charge < -0.3 is 14.2 Å². The number of carbonyl (C=O) groups is 1. The van der Waals surface area contributed by atoms with Gasteiger partial charge in [0.15, 0.2) is 17.6 Å². The Hall–Kier alpha value is -1.71. The average Bonchev–Trinajstić information content (AvgIpc) is 2.39. The first-order chi connectivity index (χ1) is 8.72. The van der Waals surface area contributed by atoms with Gasteiger partial charge in [-0.3, -0.25) is 0 Å². The number of benzene rings is 1. The maximum atomic E-state index is 11.7. The van der Waals surface area contributed by atoms with Gasteiger partial charge in [-0.25, -0.2) is 4.79 Å². The van der Waals surface area contributed by atoms with E-state index >= 15 is 0 Å². The maximum Gasteiger partial charge on any atom is 0.347 e. The Kier molecular flexibility index (Phi) is 6.05. The second kappa shape index (κ2) is 7.58. The van der Waals surface area contributed by atoms with Crippen molar-refractivity contribution >= 4 is 5.97 Å². The summed E-state index contributed by atoms with van der Waals surface area (Å²) in [6, 6.07) is 7.26. The predicted octanol–water partition coefficient (Wildman–Crippen LogP) is 2.81. The molecule has 0 bridgehead atoms. The third kappa shape index (κ3) is 3.95. The fourth-order valence-electron chi connectivity index (χ4n) is 1.59. The molecular formula is C14H20O4. The molecule has 1 unspecified atom stereocenters. The van der Waals surface area contributed by atoms with Crippen LogP contribution in [0.15, 0.2) is 24.3 Å². The van der Waals surface area contributed by atoms with Crippen LogP contribution in [0.5, 0.6) is 11.5 Å². The lowest BCUT2D eigenvalue weighted by Crippen LogP contribution is -2.29. The molecule has 100 valence electrons. The van der Waals surface area contributed by atoms with Crippen molar-refractivity contribution in [1.82, 2.24) is 0 Å². The average molecular weight is 252 g/mol. The van der Waals surface area contributed by atoms with Crippen LogP contribution in [0.25, 0.3) is 0 Å². The van der Waals surface area contributed by atoms with E-state index in [1.807, 2.05) is 19.1 Å². The quantitative estimate of drug-likeness (QED) is 0.700. The molecule has 1 rings (SSSR count). The number of esters is 1. The van der Waals surface area contributed by atoms with Crippen LogP contribution in [0.2, 0.25) is 0 Å². The van der Waals surface area contributed by atoms with Crippen molar-refractivity contribution in [2.45, 2.75) is 32.8 Å². The minimum absolute atomic E-state index is 0.328. The predicted molar refractivity (Wildman–Crippen MR) is 69.0 cm³/mol. The van der Waals surface area contributed by atoms with E-state index in [1.165, 1.54) is 0 Å². The minimum Gasteiger partial charge on any atom is -0.493 e. The van der Waals surface area contributed by atoms with Gasteiger partial charge in [-0.2, -0.15) is 0 Å². The lowest BCUT2D eigenvalue weighted by molar-refractivity contribution is -0.151.